The highest BCUT2D eigenvalue weighted by Crippen LogP contribution is 2.27. The molecule has 0 bridgehead atoms. The van der Waals surface area contributed by atoms with Gasteiger partial charge in [0.15, 0.2) is 0 Å². The molecule has 1 saturated heterocycles. The molecule has 33 heavy (non-hydrogen) atoms. The minimum absolute atomic E-state index is 0.0319. The van der Waals surface area contributed by atoms with Gasteiger partial charge in [0.2, 0.25) is 11.8 Å². The van der Waals surface area contributed by atoms with Gasteiger partial charge in [-0.2, -0.15) is 5.10 Å². The normalized spacial score (nSPS) is 16.0. The lowest BCUT2D eigenvalue weighted by Crippen LogP contribution is -2.58. The van der Waals surface area contributed by atoms with Crippen LogP contribution in [0.1, 0.15) is 35.4 Å². The minimum atomic E-state index is -0.495. The van der Waals surface area contributed by atoms with E-state index in [0.29, 0.717) is 38.9 Å². The van der Waals surface area contributed by atoms with Gasteiger partial charge in [-0.1, -0.05) is 54.1 Å². The summed E-state index contributed by atoms with van der Waals surface area (Å²) >= 11 is 0. The van der Waals surface area contributed by atoms with Crippen LogP contribution in [0.5, 0.6) is 0 Å². The van der Waals surface area contributed by atoms with Gasteiger partial charge in [0.05, 0.1) is 5.69 Å². The predicted octanol–water partition coefficient (Wildman–Crippen LogP) is 3.83. The van der Waals surface area contributed by atoms with Crippen molar-refractivity contribution in [2.45, 2.75) is 52.6 Å². The highest BCUT2D eigenvalue weighted by Gasteiger charge is 2.33. The third-order valence-electron chi connectivity index (χ3n) is 6.27. The standard InChI is InChI=1S/C27H32N4O2/c1-19-8-6-10-22(16-19)24-11-5-4-9-23(24)18-25-27(33)28-13-15-30(25)26(32)12-7-14-31-21(3)17-20(2)29-31/h4-6,8-11,16-17,25H,7,12-15,18H2,1-3H3,(H,28,33)/t25-/m1/s1. The molecule has 6 nitrogen and oxygen atoms in total. The first-order chi connectivity index (χ1) is 15.9. The van der Waals surface area contributed by atoms with Crippen molar-refractivity contribution in [3.63, 3.8) is 0 Å². The van der Waals surface area contributed by atoms with Crippen LogP contribution in [-0.2, 0) is 22.6 Å². The molecule has 1 N–H and O–H groups in total. The molecule has 0 unspecified atom stereocenters. The number of rotatable bonds is 7. The number of carbonyl (C=O) groups excluding carboxylic acids is 2. The molecular formula is C27H32N4O2. The summed E-state index contributed by atoms with van der Waals surface area (Å²) in [5, 5.41) is 7.43. The molecule has 1 aliphatic rings. The number of benzene rings is 2. The molecule has 2 amide bonds. The number of carbonyl (C=O) groups is 2. The molecule has 2 heterocycles. The highest BCUT2D eigenvalue weighted by atomic mass is 16.2. The van der Waals surface area contributed by atoms with Crippen LogP contribution in [0.3, 0.4) is 0 Å². The smallest absolute Gasteiger partial charge is 0.243 e. The molecule has 6 heteroatoms. The maximum Gasteiger partial charge on any atom is 0.243 e. The number of hydrogen-bond donors (Lipinski definition) is 1. The van der Waals surface area contributed by atoms with Crippen molar-refractivity contribution in [2.24, 2.45) is 0 Å². The molecule has 4 rings (SSSR count). The number of nitrogens with one attached hydrogen (secondary N) is 1. The van der Waals surface area contributed by atoms with E-state index in [9.17, 15) is 9.59 Å². The van der Waals surface area contributed by atoms with Crippen molar-refractivity contribution < 1.29 is 9.59 Å². The molecule has 172 valence electrons. The first kappa shape index (κ1) is 22.8. The second-order valence-corrected chi connectivity index (χ2v) is 8.88. The van der Waals surface area contributed by atoms with Gasteiger partial charge in [-0.3, -0.25) is 14.3 Å². The molecule has 1 fully saturated rings. The van der Waals surface area contributed by atoms with Crippen LogP contribution in [0.15, 0.2) is 54.6 Å². The second-order valence-electron chi connectivity index (χ2n) is 8.88. The summed E-state index contributed by atoms with van der Waals surface area (Å²) in [4.78, 5) is 27.8. The topological polar surface area (TPSA) is 67.2 Å². The van der Waals surface area contributed by atoms with Crippen LogP contribution in [0.4, 0.5) is 0 Å². The largest absolute Gasteiger partial charge is 0.353 e. The molecule has 0 saturated carbocycles. The van der Waals surface area contributed by atoms with Crippen molar-refractivity contribution in [3.8, 4) is 11.1 Å². The SMILES string of the molecule is Cc1cccc(-c2ccccc2C[C@@H]2C(=O)NCCN2C(=O)CCCn2nc(C)cc2C)c1. The Morgan fingerprint density at radius 2 is 1.91 bits per heavy atom. The molecule has 0 aliphatic carbocycles. The van der Waals surface area contributed by atoms with Crippen LogP contribution >= 0.6 is 0 Å². The van der Waals surface area contributed by atoms with Crippen LogP contribution in [0, 0.1) is 20.8 Å². The van der Waals surface area contributed by atoms with Crippen molar-refractivity contribution in [3.05, 3.63) is 77.1 Å². The van der Waals surface area contributed by atoms with Crippen molar-refractivity contribution in [1.82, 2.24) is 20.0 Å². The van der Waals surface area contributed by atoms with Crippen molar-refractivity contribution in [2.75, 3.05) is 13.1 Å². The summed E-state index contributed by atoms with van der Waals surface area (Å²) in [5.74, 6) is -0.0448. The maximum atomic E-state index is 13.1. The lowest BCUT2D eigenvalue weighted by Gasteiger charge is -2.35. The molecule has 1 atom stereocenters. The van der Waals surface area contributed by atoms with Crippen LogP contribution in [0.2, 0.25) is 0 Å². The molecule has 3 aromatic rings. The molecule has 0 radical (unpaired) electrons. The molecular weight excluding hydrogens is 412 g/mol. The number of piperazine rings is 1. The van der Waals surface area contributed by atoms with Gasteiger partial charge in [-0.15, -0.1) is 0 Å². The average Bonchev–Trinajstić information content (AvgIpc) is 3.12. The molecule has 1 aromatic heterocycles. The number of aryl methyl sites for hydroxylation is 4. The Labute approximate surface area is 195 Å². The van der Waals surface area contributed by atoms with Crippen molar-refractivity contribution >= 4 is 11.8 Å². The number of nitrogens with zero attached hydrogens (tertiary/aromatic N) is 3. The van der Waals surface area contributed by atoms with Gasteiger partial charge < -0.3 is 10.2 Å². The number of hydrogen-bond acceptors (Lipinski definition) is 3. The Morgan fingerprint density at radius 3 is 2.67 bits per heavy atom. The fourth-order valence-electron chi connectivity index (χ4n) is 4.64. The summed E-state index contributed by atoms with van der Waals surface area (Å²) in [5.41, 5.74) is 6.59. The quantitative estimate of drug-likeness (QED) is 0.602. The summed E-state index contributed by atoms with van der Waals surface area (Å²) in [7, 11) is 0. The Kier molecular flexibility index (Phi) is 6.92. The Bertz CT molecular complexity index is 1150. The van der Waals surface area contributed by atoms with Gasteiger partial charge in [-0.25, -0.2) is 0 Å². The van der Waals surface area contributed by atoms with Gasteiger partial charge >= 0.3 is 0 Å². The first-order valence-corrected chi connectivity index (χ1v) is 11.7. The zero-order valence-electron chi connectivity index (χ0n) is 19.7. The van der Waals surface area contributed by atoms with Gasteiger partial charge in [0.1, 0.15) is 6.04 Å². The monoisotopic (exact) mass is 444 g/mol. The van der Waals surface area contributed by atoms with E-state index in [2.05, 4.69) is 47.7 Å². The lowest BCUT2D eigenvalue weighted by atomic mass is 9.93. The molecule has 2 aromatic carbocycles. The summed E-state index contributed by atoms with van der Waals surface area (Å²) in [6, 6.07) is 18.1. The van der Waals surface area contributed by atoms with Crippen LogP contribution < -0.4 is 5.32 Å². The van der Waals surface area contributed by atoms with Gasteiger partial charge in [-0.05, 0) is 49.9 Å². The summed E-state index contributed by atoms with van der Waals surface area (Å²) < 4.78 is 1.95. The highest BCUT2D eigenvalue weighted by molar-refractivity contribution is 5.89. The number of amides is 2. The number of aromatic nitrogens is 2. The summed E-state index contributed by atoms with van der Waals surface area (Å²) in [6.45, 7) is 7.82. The van der Waals surface area contributed by atoms with E-state index in [4.69, 9.17) is 0 Å². The zero-order valence-corrected chi connectivity index (χ0v) is 19.7. The van der Waals surface area contributed by atoms with E-state index < -0.39 is 6.04 Å². The van der Waals surface area contributed by atoms with Gasteiger partial charge in [0, 0.05) is 38.2 Å². The summed E-state index contributed by atoms with van der Waals surface area (Å²) in [6.07, 6.45) is 1.60. The van der Waals surface area contributed by atoms with E-state index >= 15 is 0 Å². The van der Waals surface area contributed by atoms with E-state index in [1.807, 2.05) is 42.8 Å². The van der Waals surface area contributed by atoms with E-state index in [0.717, 1.165) is 28.1 Å². The minimum Gasteiger partial charge on any atom is -0.353 e. The van der Waals surface area contributed by atoms with Crippen LogP contribution in [0.25, 0.3) is 11.1 Å². The van der Waals surface area contributed by atoms with Crippen LogP contribution in [-0.4, -0.2) is 45.6 Å². The third-order valence-corrected chi connectivity index (χ3v) is 6.27. The Hall–Kier alpha value is -3.41. The molecule has 0 spiro atoms. The fourth-order valence-corrected chi connectivity index (χ4v) is 4.64. The predicted molar refractivity (Wildman–Crippen MR) is 130 cm³/mol. The van der Waals surface area contributed by atoms with E-state index in [-0.39, 0.29) is 11.8 Å². The zero-order chi connectivity index (χ0) is 23.4. The second kappa shape index (κ2) is 10.0. The third kappa shape index (κ3) is 5.33. The van der Waals surface area contributed by atoms with Crippen molar-refractivity contribution in [1.29, 1.82) is 0 Å². The maximum absolute atomic E-state index is 13.1. The van der Waals surface area contributed by atoms with Gasteiger partial charge in [0.25, 0.3) is 0 Å². The Morgan fingerprint density at radius 1 is 1.09 bits per heavy atom. The van der Waals surface area contributed by atoms with E-state index in [1.54, 1.807) is 4.90 Å². The van der Waals surface area contributed by atoms with E-state index in [1.165, 1.54) is 5.56 Å². The Balaban J connectivity index is 1.48. The molecule has 1 aliphatic heterocycles. The first-order valence-electron chi connectivity index (χ1n) is 11.7. The fraction of sp³-hybridized carbons (Fsp3) is 0.370. The average molecular weight is 445 g/mol. The lowest BCUT2D eigenvalue weighted by molar-refractivity contribution is -0.143.